The number of aryl methyl sites for hydroxylation is 1. The molecule has 69 heavy (non-hydrogen) atoms. The lowest BCUT2D eigenvalue weighted by atomic mass is 9.49. The van der Waals surface area contributed by atoms with E-state index in [1.165, 1.54) is 17.0 Å². The van der Waals surface area contributed by atoms with Crippen molar-refractivity contribution in [1.82, 2.24) is 25.8 Å². The summed E-state index contributed by atoms with van der Waals surface area (Å²) < 4.78 is 27.3. The van der Waals surface area contributed by atoms with Crippen LogP contribution in [0, 0.1) is 40.3 Å². The number of nitriles is 1. The second kappa shape index (κ2) is 22.0. The number of ether oxygens (including phenoxy) is 2. The topological polar surface area (TPSA) is 195 Å². The van der Waals surface area contributed by atoms with Crippen LogP contribution in [0.5, 0.6) is 5.75 Å². The number of carbonyl (C=O) groups is 4. The maximum Gasteiger partial charge on any atom is 0.254 e. The molecule has 1 aromatic heterocycles. The number of halogens is 2. The molecule has 0 bridgehead atoms. The van der Waals surface area contributed by atoms with E-state index in [1.807, 2.05) is 98.2 Å². The van der Waals surface area contributed by atoms with Gasteiger partial charge in [0.15, 0.2) is 0 Å². The molecule has 1 aliphatic carbocycles. The predicted octanol–water partition coefficient (Wildman–Crippen LogP) is 8.36. The third kappa shape index (κ3) is 12.4. The van der Waals surface area contributed by atoms with Crippen LogP contribution in [0.3, 0.4) is 0 Å². The van der Waals surface area contributed by atoms with E-state index in [0.717, 1.165) is 34.5 Å². The number of anilines is 1. The van der Waals surface area contributed by atoms with Crippen LogP contribution in [0.2, 0.25) is 5.02 Å². The highest BCUT2D eigenvalue weighted by atomic mass is 35.5. The molecule has 0 radical (unpaired) electrons. The van der Waals surface area contributed by atoms with Gasteiger partial charge in [-0.2, -0.15) is 5.26 Å². The standard InChI is InChI=1S/C52H65ClFN7O7S/c1-30(32-13-15-33(16-14-32)43-31(2)57-29-69-43)58-46(65)41-24-36(62)27-61(41)47(66)44(50(3,4)5)59-42(63)28-67-22-12-10-11-21-56-35-18-20-38(40(54)23-35)45(64)60-48-51(6,7)49(52(48,8)9)68-37-19-17-34(26-55)39(53)25-37/h13-20,23,25,29-30,36,41,44,48-49,56,62H,10-12,21-22,24,27-28H2,1-9H3,(H,58,65)(H,59,63)(H,60,64)/t30-,36+,41-,44?,48-,49-/m0/s1. The second-order valence-electron chi connectivity index (χ2n) is 20.4. The van der Waals surface area contributed by atoms with E-state index < -0.39 is 58.0 Å². The number of β-amino-alcohol motifs (C(OH)–C–C–N with tert-alkyl or cyclic N) is 1. The Morgan fingerprint density at radius 2 is 1.72 bits per heavy atom. The number of likely N-dealkylation sites (tertiary alicyclic amines) is 1. The van der Waals surface area contributed by atoms with Crippen molar-refractivity contribution in [2.24, 2.45) is 16.2 Å². The number of hydrogen-bond acceptors (Lipinski definition) is 11. The second-order valence-corrected chi connectivity index (χ2v) is 21.7. The van der Waals surface area contributed by atoms with Crippen molar-refractivity contribution in [2.75, 3.05) is 31.6 Å². The molecule has 3 aromatic carbocycles. The van der Waals surface area contributed by atoms with Crippen molar-refractivity contribution in [1.29, 1.82) is 5.26 Å². The van der Waals surface area contributed by atoms with E-state index in [0.29, 0.717) is 41.6 Å². The third-order valence-corrected chi connectivity index (χ3v) is 14.5. The monoisotopic (exact) mass is 985 g/mol. The molecule has 2 heterocycles. The largest absolute Gasteiger partial charge is 0.489 e. The van der Waals surface area contributed by atoms with Crippen LogP contribution in [0.1, 0.15) is 114 Å². The Bertz CT molecular complexity index is 2520. The van der Waals surface area contributed by atoms with Crippen LogP contribution < -0.4 is 26.0 Å². The smallest absolute Gasteiger partial charge is 0.254 e. The summed E-state index contributed by atoms with van der Waals surface area (Å²) in [5.41, 5.74) is 3.78. The lowest BCUT2D eigenvalue weighted by Crippen LogP contribution is -2.74. The van der Waals surface area contributed by atoms with Crippen molar-refractivity contribution in [3.05, 3.63) is 99.4 Å². The first-order valence-corrected chi connectivity index (χ1v) is 24.7. The van der Waals surface area contributed by atoms with Gasteiger partial charge < -0.3 is 40.7 Å². The summed E-state index contributed by atoms with van der Waals surface area (Å²) in [6.45, 7) is 17.8. The number of nitrogens with zero attached hydrogens (tertiary/aromatic N) is 3. The van der Waals surface area contributed by atoms with E-state index in [1.54, 1.807) is 35.6 Å². The summed E-state index contributed by atoms with van der Waals surface area (Å²) in [6, 6.07) is 16.7. The molecule has 370 valence electrons. The van der Waals surface area contributed by atoms with Gasteiger partial charge in [-0.1, -0.05) is 84.3 Å². The number of amides is 4. The highest BCUT2D eigenvalue weighted by Crippen LogP contribution is 2.55. The number of aliphatic hydroxyl groups is 1. The first kappa shape index (κ1) is 52.8. The van der Waals surface area contributed by atoms with E-state index in [2.05, 4.69) is 26.3 Å². The molecule has 1 saturated heterocycles. The molecule has 4 amide bonds. The van der Waals surface area contributed by atoms with Gasteiger partial charge in [0.05, 0.1) is 44.4 Å². The molecule has 1 saturated carbocycles. The van der Waals surface area contributed by atoms with E-state index in [9.17, 15) is 29.5 Å². The molecule has 17 heteroatoms. The maximum absolute atomic E-state index is 15.3. The van der Waals surface area contributed by atoms with Crippen molar-refractivity contribution in [3.63, 3.8) is 0 Å². The number of rotatable bonds is 19. The van der Waals surface area contributed by atoms with Crippen LogP contribution >= 0.6 is 22.9 Å². The Hall–Kier alpha value is -5.60. The van der Waals surface area contributed by atoms with Crippen molar-refractivity contribution in [3.8, 4) is 22.3 Å². The van der Waals surface area contributed by atoms with Crippen LogP contribution in [-0.2, 0) is 19.1 Å². The molecule has 4 atom stereocenters. The molecule has 1 aliphatic heterocycles. The number of unbranched alkanes of at least 4 members (excludes halogenated alkanes) is 2. The summed E-state index contributed by atoms with van der Waals surface area (Å²) in [6.07, 6.45) is 1.03. The Kier molecular flexibility index (Phi) is 16.8. The van der Waals surface area contributed by atoms with Crippen LogP contribution in [0.15, 0.2) is 66.2 Å². The Morgan fingerprint density at radius 1 is 1.01 bits per heavy atom. The van der Waals surface area contributed by atoms with Crippen LogP contribution in [0.4, 0.5) is 10.1 Å². The van der Waals surface area contributed by atoms with Gasteiger partial charge in [-0.3, -0.25) is 19.2 Å². The van der Waals surface area contributed by atoms with Crippen molar-refractivity contribution >= 4 is 52.3 Å². The van der Waals surface area contributed by atoms with E-state index in [-0.39, 0.29) is 49.2 Å². The quantitative estimate of drug-likeness (QED) is 0.0570. The average molecular weight is 987 g/mol. The molecule has 2 aliphatic rings. The fourth-order valence-electron chi connectivity index (χ4n) is 9.74. The number of hydrogen-bond donors (Lipinski definition) is 5. The van der Waals surface area contributed by atoms with E-state index >= 15 is 4.39 Å². The zero-order chi connectivity index (χ0) is 50.4. The Morgan fingerprint density at radius 3 is 2.35 bits per heavy atom. The van der Waals surface area contributed by atoms with Gasteiger partial charge in [-0.25, -0.2) is 9.37 Å². The first-order valence-electron chi connectivity index (χ1n) is 23.4. The van der Waals surface area contributed by atoms with Crippen LogP contribution in [0.25, 0.3) is 10.4 Å². The normalized spacial score (nSPS) is 20.2. The molecule has 14 nitrogen and oxygen atoms in total. The Labute approximate surface area is 413 Å². The minimum Gasteiger partial charge on any atom is -0.489 e. The van der Waals surface area contributed by atoms with Crippen LogP contribution in [-0.4, -0.2) is 95.3 Å². The fourth-order valence-corrected chi connectivity index (χ4v) is 10.8. The van der Waals surface area contributed by atoms with Gasteiger partial charge in [0.25, 0.3) is 5.91 Å². The maximum atomic E-state index is 15.3. The zero-order valence-electron chi connectivity index (χ0n) is 40.9. The molecule has 2 fully saturated rings. The lowest BCUT2D eigenvalue weighted by molar-refractivity contribution is -0.164. The van der Waals surface area contributed by atoms with Crippen molar-refractivity contribution in [2.45, 2.75) is 124 Å². The number of nitrogens with one attached hydrogen (secondary N) is 4. The average Bonchev–Trinajstić information content (AvgIpc) is 3.91. The molecular weight excluding hydrogens is 921 g/mol. The van der Waals surface area contributed by atoms with Gasteiger partial charge in [-0.15, -0.1) is 11.3 Å². The number of carbonyl (C=O) groups excluding carboxylic acids is 4. The van der Waals surface area contributed by atoms with Gasteiger partial charge >= 0.3 is 0 Å². The predicted molar refractivity (Wildman–Crippen MR) is 265 cm³/mol. The van der Waals surface area contributed by atoms with Gasteiger partial charge in [0, 0.05) is 54.7 Å². The Balaban J connectivity index is 0.901. The summed E-state index contributed by atoms with van der Waals surface area (Å²) >= 11 is 7.78. The fraction of sp³-hybridized carbons (Fsp3) is 0.500. The summed E-state index contributed by atoms with van der Waals surface area (Å²) in [4.78, 5) is 60.9. The van der Waals surface area contributed by atoms with Crippen molar-refractivity contribution < 1.29 is 38.1 Å². The summed E-state index contributed by atoms with van der Waals surface area (Å²) in [5, 5.41) is 32.2. The summed E-state index contributed by atoms with van der Waals surface area (Å²) in [7, 11) is 0. The SMILES string of the molecule is Cc1ncsc1-c1ccc([C@H](C)NC(=O)[C@@H]2C[C@@H](O)CN2C(=O)C(NC(=O)COCCCCCNc2ccc(C(=O)N[C@H]3C(C)(C)[C@H](Oc4ccc(C#N)c(Cl)c4)C3(C)C)c(F)c2)C(C)(C)C)cc1. The number of benzene rings is 3. The minimum absolute atomic E-state index is 0.0324. The first-order chi connectivity index (χ1) is 32.5. The minimum atomic E-state index is -0.980. The van der Waals surface area contributed by atoms with E-state index in [4.69, 9.17) is 21.1 Å². The molecular formula is C52H65ClFN7O7S. The lowest BCUT2D eigenvalue weighted by Gasteiger charge is -2.63. The molecule has 1 unspecified atom stereocenters. The zero-order valence-corrected chi connectivity index (χ0v) is 42.4. The number of aromatic nitrogens is 1. The highest BCUT2D eigenvalue weighted by Gasteiger charge is 2.64. The molecule has 4 aromatic rings. The molecule has 6 rings (SSSR count). The number of aliphatic hydroxyl groups excluding tert-OH is 1. The van der Waals surface area contributed by atoms with Gasteiger partial charge in [0.2, 0.25) is 17.7 Å². The highest BCUT2D eigenvalue weighted by molar-refractivity contribution is 7.13. The van der Waals surface area contributed by atoms with Gasteiger partial charge in [0.1, 0.15) is 42.4 Å². The molecule has 0 spiro atoms. The number of thiazole rings is 1. The summed E-state index contributed by atoms with van der Waals surface area (Å²) in [5.74, 6) is -1.96. The third-order valence-electron chi connectivity index (χ3n) is 13.2. The van der Waals surface area contributed by atoms with Gasteiger partial charge in [-0.05, 0) is 80.0 Å². The molecule has 5 N–H and O–H groups in total.